The van der Waals surface area contributed by atoms with Crippen LogP contribution in [-0.4, -0.2) is 13.3 Å². The Morgan fingerprint density at radius 1 is 1.29 bits per heavy atom. The van der Waals surface area contributed by atoms with Crippen LogP contribution in [0.25, 0.3) is 0 Å². The smallest absolute Gasteiger partial charge is 0.250 e. The molecule has 2 N–H and O–H groups in total. The van der Waals surface area contributed by atoms with Crippen molar-refractivity contribution in [1.29, 1.82) is 0 Å². The van der Waals surface area contributed by atoms with Crippen LogP contribution in [0, 0.1) is 0 Å². The molecule has 0 saturated carbocycles. The minimum absolute atomic E-state index is 0.203. The molecule has 1 aromatic heterocycles. The maximum atomic E-state index is 6.35. The van der Waals surface area contributed by atoms with Crippen molar-refractivity contribution >= 4 is 24.8 Å². The first-order chi connectivity index (χ1) is 9.67. The van der Waals surface area contributed by atoms with Gasteiger partial charge in [-0.1, -0.05) is 32.9 Å². The van der Waals surface area contributed by atoms with E-state index in [1.807, 2.05) is 12.3 Å². The van der Waals surface area contributed by atoms with Crippen LogP contribution < -0.4 is 10.2 Å². The van der Waals surface area contributed by atoms with Crippen LogP contribution in [0.2, 0.25) is 18.1 Å². The summed E-state index contributed by atoms with van der Waals surface area (Å²) in [5, 5.41) is 0.827. The van der Waals surface area contributed by atoms with Gasteiger partial charge in [-0.2, -0.15) is 0 Å². The van der Waals surface area contributed by atoms with Crippen molar-refractivity contribution in [2.24, 2.45) is 0 Å². The fraction of sp³-hybridized carbons (Fsp3) is 0.438. The Bertz CT molecular complexity index is 617. The van der Waals surface area contributed by atoms with Gasteiger partial charge in [-0.05, 0) is 35.8 Å². The van der Waals surface area contributed by atoms with E-state index < -0.39 is 8.32 Å². The van der Waals surface area contributed by atoms with Gasteiger partial charge in [-0.3, -0.25) is 0 Å². The van der Waals surface area contributed by atoms with E-state index in [9.17, 15) is 0 Å². The molecule has 1 aromatic carbocycles. The molecule has 0 aliphatic carbocycles. The summed E-state index contributed by atoms with van der Waals surface area (Å²) in [6.45, 7) is 11.3. The fourth-order valence-corrected chi connectivity index (χ4v) is 3.51. The number of nitrogen functional groups attached to an aromatic ring is 1. The normalized spacial score (nSPS) is 12.4. The minimum atomic E-state index is -1.79. The SMILES string of the molecule is CC(C)(C)[Si](C)(C)Oc1cccc(Cc2cnc(N)s2)c1. The summed E-state index contributed by atoms with van der Waals surface area (Å²) in [5.74, 6) is 0.969. The van der Waals surface area contributed by atoms with Gasteiger partial charge in [0.2, 0.25) is 8.32 Å². The number of hydrogen-bond acceptors (Lipinski definition) is 4. The molecule has 0 amide bonds. The van der Waals surface area contributed by atoms with E-state index in [-0.39, 0.29) is 5.04 Å². The van der Waals surface area contributed by atoms with Gasteiger partial charge in [0.1, 0.15) is 5.75 Å². The molecule has 0 aliphatic heterocycles. The standard InChI is InChI=1S/C16H24N2OSSi/c1-16(2,3)21(4,5)19-13-8-6-7-12(9-13)10-14-11-18-15(17)20-14/h6-9,11H,10H2,1-5H3,(H2,17,18). The first-order valence-corrected chi connectivity index (χ1v) is 10.9. The van der Waals surface area contributed by atoms with E-state index in [0.717, 1.165) is 12.2 Å². The maximum Gasteiger partial charge on any atom is 0.250 e. The zero-order valence-electron chi connectivity index (χ0n) is 13.4. The molecular formula is C16H24N2OSSi. The van der Waals surface area contributed by atoms with Crippen LogP contribution >= 0.6 is 11.3 Å². The quantitative estimate of drug-likeness (QED) is 0.831. The van der Waals surface area contributed by atoms with Crippen molar-refractivity contribution in [3.63, 3.8) is 0 Å². The monoisotopic (exact) mass is 320 g/mol. The van der Waals surface area contributed by atoms with Gasteiger partial charge in [-0.15, -0.1) is 11.3 Å². The average molecular weight is 321 g/mol. The Morgan fingerprint density at radius 3 is 2.57 bits per heavy atom. The number of rotatable bonds is 4. The summed E-state index contributed by atoms with van der Waals surface area (Å²) in [6, 6.07) is 8.36. The van der Waals surface area contributed by atoms with Gasteiger partial charge in [-0.25, -0.2) is 4.98 Å². The molecular weight excluding hydrogens is 296 g/mol. The number of nitrogens with zero attached hydrogens (tertiary/aromatic N) is 1. The highest BCUT2D eigenvalue weighted by atomic mass is 32.1. The lowest BCUT2D eigenvalue weighted by molar-refractivity contribution is 0.492. The lowest BCUT2D eigenvalue weighted by Gasteiger charge is -2.36. The van der Waals surface area contributed by atoms with Crippen LogP contribution in [0.5, 0.6) is 5.75 Å². The summed E-state index contributed by atoms with van der Waals surface area (Å²) in [6.07, 6.45) is 2.70. The molecule has 0 bridgehead atoms. The number of anilines is 1. The van der Waals surface area contributed by atoms with Gasteiger partial charge in [0, 0.05) is 17.5 Å². The molecule has 2 aromatic rings. The van der Waals surface area contributed by atoms with Gasteiger partial charge >= 0.3 is 0 Å². The number of hydrogen-bond donors (Lipinski definition) is 1. The average Bonchev–Trinajstić information content (AvgIpc) is 2.73. The summed E-state index contributed by atoms with van der Waals surface area (Å²) in [5.41, 5.74) is 6.91. The molecule has 0 fully saturated rings. The number of aromatic nitrogens is 1. The Labute approximate surface area is 132 Å². The molecule has 3 nitrogen and oxygen atoms in total. The Morgan fingerprint density at radius 2 is 2.00 bits per heavy atom. The highest BCUT2D eigenvalue weighted by molar-refractivity contribution is 7.15. The molecule has 2 rings (SSSR count). The van der Waals surface area contributed by atoms with Crippen LogP contribution in [0.15, 0.2) is 30.5 Å². The minimum Gasteiger partial charge on any atom is -0.543 e. The van der Waals surface area contributed by atoms with E-state index >= 15 is 0 Å². The van der Waals surface area contributed by atoms with Crippen LogP contribution in [0.4, 0.5) is 5.13 Å². The molecule has 0 unspecified atom stereocenters. The third-order valence-corrected chi connectivity index (χ3v) is 9.21. The van der Waals surface area contributed by atoms with E-state index in [4.69, 9.17) is 10.2 Å². The first-order valence-electron chi connectivity index (χ1n) is 7.15. The van der Waals surface area contributed by atoms with Crippen molar-refractivity contribution in [2.75, 3.05) is 5.73 Å². The molecule has 0 atom stereocenters. The maximum absolute atomic E-state index is 6.35. The van der Waals surface area contributed by atoms with Crippen molar-refractivity contribution in [2.45, 2.75) is 45.3 Å². The largest absolute Gasteiger partial charge is 0.543 e. The molecule has 1 heterocycles. The third-order valence-electron chi connectivity index (χ3n) is 4.03. The topological polar surface area (TPSA) is 48.1 Å². The zero-order chi connectivity index (χ0) is 15.7. The predicted octanol–water partition coefficient (Wildman–Crippen LogP) is 4.70. The third kappa shape index (κ3) is 4.08. The first kappa shape index (κ1) is 16.0. The van der Waals surface area contributed by atoms with E-state index in [1.165, 1.54) is 10.4 Å². The van der Waals surface area contributed by atoms with Crippen molar-refractivity contribution in [1.82, 2.24) is 4.98 Å². The second kappa shape index (κ2) is 5.81. The van der Waals surface area contributed by atoms with E-state index in [2.05, 4.69) is 57.0 Å². The fourth-order valence-electron chi connectivity index (χ4n) is 1.77. The number of thiazole rings is 1. The molecule has 5 heteroatoms. The molecule has 21 heavy (non-hydrogen) atoms. The van der Waals surface area contributed by atoms with Crippen molar-refractivity contribution in [3.05, 3.63) is 40.9 Å². The Balaban J connectivity index is 2.14. The molecule has 114 valence electrons. The predicted molar refractivity (Wildman–Crippen MR) is 93.6 cm³/mol. The highest BCUT2D eigenvalue weighted by Gasteiger charge is 2.38. The summed E-state index contributed by atoms with van der Waals surface area (Å²) >= 11 is 1.54. The van der Waals surface area contributed by atoms with Gasteiger partial charge in [0.25, 0.3) is 0 Å². The van der Waals surface area contributed by atoms with Gasteiger partial charge < -0.3 is 10.2 Å². The van der Waals surface area contributed by atoms with Crippen molar-refractivity contribution in [3.8, 4) is 5.75 Å². The van der Waals surface area contributed by atoms with Crippen molar-refractivity contribution < 1.29 is 4.43 Å². The Kier molecular flexibility index (Phi) is 4.44. The summed E-state index contributed by atoms with van der Waals surface area (Å²) in [4.78, 5) is 5.28. The molecule has 0 aliphatic rings. The van der Waals surface area contributed by atoms with Gasteiger partial charge in [0.05, 0.1) is 0 Å². The van der Waals surface area contributed by atoms with Gasteiger partial charge in [0.15, 0.2) is 5.13 Å². The van der Waals surface area contributed by atoms with Crippen LogP contribution in [-0.2, 0) is 6.42 Å². The molecule has 0 radical (unpaired) electrons. The van der Waals surface area contributed by atoms with Crippen LogP contribution in [0.1, 0.15) is 31.2 Å². The zero-order valence-corrected chi connectivity index (χ0v) is 15.3. The second-order valence-electron chi connectivity index (χ2n) is 6.85. The number of nitrogens with two attached hydrogens (primary N) is 1. The van der Waals surface area contributed by atoms with E-state index in [0.29, 0.717) is 5.13 Å². The lowest BCUT2D eigenvalue weighted by atomic mass is 10.1. The number of benzene rings is 1. The highest BCUT2D eigenvalue weighted by Crippen LogP contribution is 2.37. The molecule has 0 saturated heterocycles. The summed E-state index contributed by atoms with van der Waals surface area (Å²) < 4.78 is 6.35. The Hall–Kier alpha value is -1.33. The second-order valence-corrected chi connectivity index (χ2v) is 12.7. The summed E-state index contributed by atoms with van der Waals surface area (Å²) in [7, 11) is -1.79. The lowest BCUT2D eigenvalue weighted by Crippen LogP contribution is -2.43. The van der Waals surface area contributed by atoms with Crippen LogP contribution in [0.3, 0.4) is 0 Å². The van der Waals surface area contributed by atoms with E-state index in [1.54, 1.807) is 11.3 Å². The molecule has 0 spiro atoms.